The van der Waals surface area contributed by atoms with Gasteiger partial charge in [-0.15, -0.1) is 0 Å². The Kier molecular flexibility index (Phi) is 5.85. The van der Waals surface area contributed by atoms with Crippen molar-refractivity contribution in [2.75, 3.05) is 0 Å². The maximum Gasteiger partial charge on any atom is 0.309 e. The Morgan fingerprint density at radius 2 is 1.87 bits per heavy atom. The van der Waals surface area contributed by atoms with Crippen LogP contribution in [-0.2, 0) is 19.6 Å². The summed E-state index contributed by atoms with van der Waals surface area (Å²) in [6, 6.07) is 3.66. The fourth-order valence-electron chi connectivity index (χ4n) is 6.24. The molecule has 0 saturated heterocycles. The van der Waals surface area contributed by atoms with Crippen LogP contribution < -0.4 is 10.0 Å². The first-order valence-corrected chi connectivity index (χ1v) is 12.7. The molecule has 4 aliphatic carbocycles. The lowest BCUT2D eigenvalue weighted by Crippen LogP contribution is -2.62. The quantitative estimate of drug-likeness (QED) is 0.569. The zero-order valence-corrected chi connectivity index (χ0v) is 19.3. The van der Waals surface area contributed by atoms with Gasteiger partial charge in [0, 0.05) is 11.1 Å². The van der Waals surface area contributed by atoms with Crippen LogP contribution in [0, 0.1) is 30.1 Å². The van der Waals surface area contributed by atoms with E-state index in [0.717, 1.165) is 19.3 Å². The van der Waals surface area contributed by atoms with Crippen LogP contribution in [0.25, 0.3) is 0 Å². The number of rotatable bonds is 7. The molecular formula is C22H29ClN2O5S. The van der Waals surface area contributed by atoms with Gasteiger partial charge in [-0.3, -0.25) is 9.59 Å². The maximum atomic E-state index is 13.1. The van der Waals surface area contributed by atoms with E-state index >= 15 is 0 Å². The lowest BCUT2D eigenvalue weighted by Gasteiger charge is -2.58. The number of hydrogen-bond acceptors (Lipinski definition) is 4. The minimum absolute atomic E-state index is 0.0595. The fourth-order valence-corrected chi connectivity index (χ4v) is 8.02. The molecule has 0 aromatic heterocycles. The SMILES string of the molecule is CCC(NS(=O)(=O)c1cccc(Cl)c1C)C(=O)NC1C2CC3CC1CC(C(=O)O)(C3)C2. The van der Waals surface area contributed by atoms with Gasteiger partial charge in [0.2, 0.25) is 15.9 Å². The molecular weight excluding hydrogens is 440 g/mol. The molecule has 0 spiro atoms. The smallest absolute Gasteiger partial charge is 0.309 e. The molecule has 0 aliphatic heterocycles. The Morgan fingerprint density at radius 3 is 2.45 bits per heavy atom. The van der Waals surface area contributed by atoms with Crippen molar-refractivity contribution in [1.29, 1.82) is 0 Å². The predicted octanol–water partition coefficient (Wildman–Crippen LogP) is 3.10. The number of halogens is 1. The summed E-state index contributed by atoms with van der Waals surface area (Å²) in [7, 11) is -3.92. The fraction of sp³-hybridized carbons (Fsp3) is 0.636. The third-order valence-electron chi connectivity index (χ3n) is 7.57. The van der Waals surface area contributed by atoms with Gasteiger partial charge in [0.1, 0.15) is 6.04 Å². The number of carbonyl (C=O) groups is 2. The average Bonchev–Trinajstić information content (AvgIpc) is 2.70. The van der Waals surface area contributed by atoms with Crippen molar-refractivity contribution >= 4 is 33.5 Å². The average molecular weight is 469 g/mol. The number of carboxylic acid groups (broad SMARTS) is 1. The van der Waals surface area contributed by atoms with Gasteiger partial charge in [-0.1, -0.05) is 24.6 Å². The molecule has 0 heterocycles. The highest BCUT2D eigenvalue weighted by Crippen LogP contribution is 2.60. The normalized spacial score (nSPS) is 32.6. The topological polar surface area (TPSA) is 113 Å². The third-order valence-corrected chi connectivity index (χ3v) is 9.59. The van der Waals surface area contributed by atoms with Gasteiger partial charge >= 0.3 is 5.97 Å². The lowest BCUT2D eigenvalue weighted by molar-refractivity contribution is -0.167. The largest absolute Gasteiger partial charge is 0.481 e. The molecule has 4 fully saturated rings. The van der Waals surface area contributed by atoms with Crippen LogP contribution in [0.15, 0.2) is 23.1 Å². The highest BCUT2D eigenvalue weighted by molar-refractivity contribution is 7.89. The summed E-state index contributed by atoms with van der Waals surface area (Å²) in [4.78, 5) is 25.0. The highest BCUT2D eigenvalue weighted by atomic mass is 35.5. The monoisotopic (exact) mass is 468 g/mol. The number of carbonyl (C=O) groups excluding carboxylic acids is 1. The van der Waals surface area contributed by atoms with Gasteiger partial charge in [0.05, 0.1) is 10.3 Å². The Morgan fingerprint density at radius 1 is 1.23 bits per heavy atom. The molecule has 170 valence electrons. The number of carboxylic acids is 1. The first-order chi connectivity index (χ1) is 14.6. The van der Waals surface area contributed by atoms with Gasteiger partial charge in [-0.2, -0.15) is 4.72 Å². The van der Waals surface area contributed by atoms with Gasteiger partial charge in [-0.25, -0.2) is 8.42 Å². The zero-order valence-electron chi connectivity index (χ0n) is 17.7. The summed E-state index contributed by atoms with van der Waals surface area (Å²) in [5.41, 5.74) is -0.208. The first-order valence-electron chi connectivity index (χ1n) is 10.9. The first kappa shape index (κ1) is 22.6. The molecule has 9 heteroatoms. The second-order valence-corrected chi connectivity index (χ2v) is 11.6. The van der Waals surface area contributed by atoms with Crippen molar-refractivity contribution in [3.63, 3.8) is 0 Å². The van der Waals surface area contributed by atoms with Crippen LogP contribution in [0.3, 0.4) is 0 Å². The molecule has 1 aromatic rings. The van der Waals surface area contributed by atoms with E-state index in [1.807, 2.05) is 0 Å². The van der Waals surface area contributed by atoms with E-state index in [0.29, 0.717) is 35.8 Å². The molecule has 1 amide bonds. The molecule has 4 bridgehead atoms. The van der Waals surface area contributed by atoms with Gasteiger partial charge in [-0.05, 0) is 80.9 Å². The summed E-state index contributed by atoms with van der Waals surface area (Å²) < 4.78 is 28.4. The van der Waals surface area contributed by atoms with E-state index in [4.69, 9.17) is 11.6 Å². The molecule has 3 N–H and O–H groups in total. The van der Waals surface area contributed by atoms with Crippen molar-refractivity contribution in [2.45, 2.75) is 69.4 Å². The predicted molar refractivity (Wildman–Crippen MR) is 116 cm³/mol. The van der Waals surface area contributed by atoms with Crippen LogP contribution >= 0.6 is 11.6 Å². The lowest BCUT2D eigenvalue weighted by atomic mass is 9.48. The van der Waals surface area contributed by atoms with E-state index in [2.05, 4.69) is 10.0 Å². The van der Waals surface area contributed by atoms with Crippen LogP contribution in [0.2, 0.25) is 5.02 Å². The summed E-state index contributed by atoms with van der Waals surface area (Å²) in [5.74, 6) is -0.389. The van der Waals surface area contributed by atoms with Crippen molar-refractivity contribution in [2.24, 2.45) is 23.2 Å². The summed E-state index contributed by atoms with van der Waals surface area (Å²) in [5, 5.41) is 13.2. The number of nitrogens with one attached hydrogen (secondary N) is 2. The van der Waals surface area contributed by atoms with E-state index in [-0.39, 0.29) is 28.7 Å². The van der Waals surface area contributed by atoms with E-state index in [1.54, 1.807) is 26.0 Å². The summed E-state index contributed by atoms with van der Waals surface area (Å²) >= 11 is 6.07. The van der Waals surface area contributed by atoms with Crippen molar-refractivity contribution in [3.8, 4) is 0 Å². The molecule has 7 nitrogen and oxygen atoms in total. The molecule has 4 aliphatic rings. The van der Waals surface area contributed by atoms with Gasteiger partial charge < -0.3 is 10.4 Å². The van der Waals surface area contributed by atoms with Crippen LogP contribution in [-0.4, -0.2) is 37.5 Å². The molecule has 4 saturated carbocycles. The Balaban J connectivity index is 1.48. The van der Waals surface area contributed by atoms with Gasteiger partial charge in [0.15, 0.2) is 0 Å². The highest BCUT2D eigenvalue weighted by Gasteiger charge is 2.59. The number of sulfonamides is 1. The maximum absolute atomic E-state index is 13.1. The standard InChI is InChI=1S/C22H29ClN2O5S/c1-3-17(25-31(29,30)18-6-4-5-16(23)12(18)2)20(26)24-19-14-7-13-8-15(19)11-22(9-13,10-14)21(27)28/h4-6,13-15,17,19,25H,3,7-11H2,1-2H3,(H,24,26)(H,27,28). The minimum Gasteiger partial charge on any atom is -0.481 e. The summed E-state index contributed by atoms with van der Waals surface area (Å²) in [6.07, 6.45) is 4.08. The molecule has 5 rings (SSSR count). The van der Waals surface area contributed by atoms with Crippen molar-refractivity contribution < 1.29 is 23.1 Å². The number of benzene rings is 1. The van der Waals surface area contributed by atoms with Crippen LogP contribution in [0.4, 0.5) is 0 Å². The molecule has 1 aromatic carbocycles. The van der Waals surface area contributed by atoms with E-state index < -0.39 is 27.4 Å². The Bertz CT molecular complexity index is 995. The van der Waals surface area contributed by atoms with Crippen LogP contribution in [0.1, 0.15) is 51.0 Å². The van der Waals surface area contributed by atoms with Crippen molar-refractivity contribution in [1.82, 2.24) is 10.0 Å². The second-order valence-electron chi connectivity index (χ2n) is 9.53. The molecule has 31 heavy (non-hydrogen) atoms. The Hall–Kier alpha value is -1.64. The minimum atomic E-state index is -3.92. The number of aliphatic carboxylic acids is 1. The van der Waals surface area contributed by atoms with Crippen molar-refractivity contribution in [3.05, 3.63) is 28.8 Å². The van der Waals surface area contributed by atoms with Gasteiger partial charge in [0.25, 0.3) is 0 Å². The van der Waals surface area contributed by atoms with Crippen LogP contribution in [0.5, 0.6) is 0 Å². The Labute approximate surface area is 188 Å². The molecule has 3 unspecified atom stereocenters. The van der Waals surface area contributed by atoms with E-state index in [1.165, 1.54) is 6.07 Å². The number of amides is 1. The molecule has 3 atom stereocenters. The zero-order chi connectivity index (χ0) is 22.6. The molecule has 0 radical (unpaired) electrons. The van der Waals surface area contributed by atoms with E-state index in [9.17, 15) is 23.1 Å². The summed E-state index contributed by atoms with van der Waals surface area (Å²) in [6.45, 7) is 3.39. The number of hydrogen-bond donors (Lipinski definition) is 3. The third kappa shape index (κ3) is 3.98. The second kappa shape index (κ2) is 8.05.